The number of terminal acetylenes is 1. The van der Waals surface area contributed by atoms with E-state index in [0.717, 1.165) is 6.54 Å². The van der Waals surface area contributed by atoms with E-state index in [2.05, 4.69) is 21.4 Å². The van der Waals surface area contributed by atoms with Crippen LogP contribution in [-0.4, -0.2) is 22.7 Å². The number of nitrogens with zero attached hydrogens (tertiary/aromatic N) is 2. The molecule has 0 aromatic carbocycles. The van der Waals surface area contributed by atoms with Gasteiger partial charge in [0.05, 0.1) is 6.04 Å². The summed E-state index contributed by atoms with van der Waals surface area (Å²) in [7, 11) is 0. The van der Waals surface area contributed by atoms with Gasteiger partial charge in [0.2, 0.25) is 5.89 Å². The van der Waals surface area contributed by atoms with Crippen molar-refractivity contribution in [1.29, 1.82) is 0 Å². The molecular weight excluding hydrogens is 154 g/mol. The first kappa shape index (κ1) is 8.75. The highest BCUT2D eigenvalue weighted by molar-refractivity contribution is 4.95. The third-order valence-corrected chi connectivity index (χ3v) is 1.45. The SMILES string of the molecule is C#CC(C)NCCc1ncno1. The van der Waals surface area contributed by atoms with Crippen molar-refractivity contribution in [2.75, 3.05) is 6.54 Å². The Morgan fingerprint density at radius 2 is 2.67 bits per heavy atom. The van der Waals surface area contributed by atoms with Gasteiger partial charge in [-0.05, 0) is 6.92 Å². The van der Waals surface area contributed by atoms with Crippen LogP contribution in [0.1, 0.15) is 12.8 Å². The lowest BCUT2D eigenvalue weighted by Crippen LogP contribution is -2.26. The molecule has 0 aliphatic rings. The standard InChI is InChI=1S/C8H11N3O/c1-3-7(2)9-5-4-8-10-6-11-12-8/h1,6-7,9H,4-5H2,2H3. The Balaban J connectivity index is 2.16. The molecule has 0 fully saturated rings. The molecule has 1 aromatic heterocycles. The number of rotatable bonds is 4. The quantitative estimate of drug-likeness (QED) is 0.648. The summed E-state index contributed by atoms with van der Waals surface area (Å²) in [4.78, 5) is 3.87. The van der Waals surface area contributed by atoms with Crippen molar-refractivity contribution in [3.8, 4) is 12.3 Å². The predicted molar refractivity (Wildman–Crippen MR) is 44.3 cm³/mol. The maximum atomic E-state index is 5.17. The van der Waals surface area contributed by atoms with E-state index in [1.165, 1.54) is 6.33 Å². The largest absolute Gasteiger partial charge is 0.340 e. The van der Waals surface area contributed by atoms with Crippen LogP contribution >= 0.6 is 0 Å². The molecule has 4 nitrogen and oxygen atoms in total. The van der Waals surface area contributed by atoms with E-state index in [9.17, 15) is 0 Å². The molecule has 1 aromatic rings. The molecule has 64 valence electrons. The molecule has 0 spiro atoms. The lowest BCUT2D eigenvalue weighted by Gasteiger charge is -2.03. The summed E-state index contributed by atoms with van der Waals surface area (Å²) in [5, 5.41) is 6.59. The Morgan fingerprint density at radius 3 is 3.25 bits per heavy atom. The van der Waals surface area contributed by atoms with Crippen LogP contribution in [0.3, 0.4) is 0 Å². The topological polar surface area (TPSA) is 51.0 Å². The van der Waals surface area contributed by atoms with Crippen molar-refractivity contribution in [2.45, 2.75) is 19.4 Å². The Labute approximate surface area is 71.4 Å². The Hall–Kier alpha value is -1.34. The summed E-state index contributed by atoms with van der Waals surface area (Å²) in [5.74, 6) is 3.20. The highest BCUT2D eigenvalue weighted by atomic mass is 16.5. The maximum absolute atomic E-state index is 5.17. The average molecular weight is 165 g/mol. The van der Waals surface area contributed by atoms with Gasteiger partial charge >= 0.3 is 0 Å². The van der Waals surface area contributed by atoms with Crippen LogP contribution in [0.4, 0.5) is 0 Å². The highest BCUT2D eigenvalue weighted by Crippen LogP contribution is 1.90. The van der Waals surface area contributed by atoms with Crippen molar-refractivity contribution >= 4 is 0 Å². The van der Waals surface area contributed by atoms with Gasteiger partial charge in [0, 0.05) is 13.0 Å². The zero-order valence-electron chi connectivity index (χ0n) is 6.95. The van der Waals surface area contributed by atoms with Crippen LogP contribution in [0.25, 0.3) is 0 Å². The molecule has 1 atom stereocenters. The zero-order chi connectivity index (χ0) is 8.81. The van der Waals surface area contributed by atoms with Crippen molar-refractivity contribution < 1.29 is 4.52 Å². The fourth-order valence-corrected chi connectivity index (χ4v) is 0.761. The minimum Gasteiger partial charge on any atom is -0.340 e. The van der Waals surface area contributed by atoms with Crippen LogP contribution < -0.4 is 5.32 Å². The van der Waals surface area contributed by atoms with E-state index in [0.29, 0.717) is 12.3 Å². The second-order valence-electron chi connectivity index (χ2n) is 2.43. The summed E-state index contributed by atoms with van der Waals surface area (Å²) in [6, 6.07) is 0.0907. The first-order valence-electron chi connectivity index (χ1n) is 3.78. The van der Waals surface area contributed by atoms with Crippen LogP contribution in [0, 0.1) is 12.3 Å². The van der Waals surface area contributed by atoms with Gasteiger partial charge in [0.25, 0.3) is 0 Å². The maximum Gasteiger partial charge on any atom is 0.227 e. The van der Waals surface area contributed by atoms with E-state index in [1.54, 1.807) is 0 Å². The second-order valence-corrected chi connectivity index (χ2v) is 2.43. The van der Waals surface area contributed by atoms with Gasteiger partial charge in [-0.25, -0.2) is 0 Å². The summed E-state index contributed by atoms with van der Waals surface area (Å²) in [6.07, 6.45) is 7.27. The second kappa shape index (κ2) is 4.52. The lowest BCUT2D eigenvalue weighted by molar-refractivity contribution is 0.374. The third kappa shape index (κ3) is 2.72. The minimum atomic E-state index is 0.0907. The number of nitrogens with one attached hydrogen (secondary N) is 1. The first-order chi connectivity index (χ1) is 5.83. The van der Waals surface area contributed by atoms with Crippen molar-refractivity contribution in [2.24, 2.45) is 0 Å². The fourth-order valence-electron chi connectivity index (χ4n) is 0.761. The number of aromatic nitrogens is 2. The minimum absolute atomic E-state index is 0.0907. The molecular formula is C8H11N3O. The molecule has 4 heteroatoms. The monoisotopic (exact) mass is 165 g/mol. The summed E-state index contributed by atoms with van der Waals surface area (Å²) in [6.45, 7) is 2.68. The van der Waals surface area contributed by atoms with Crippen molar-refractivity contribution in [3.05, 3.63) is 12.2 Å². The zero-order valence-corrected chi connectivity index (χ0v) is 6.95. The normalized spacial score (nSPS) is 12.3. The van der Waals surface area contributed by atoms with E-state index in [-0.39, 0.29) is 6.04 Å². The number of hydrogen-bond donors (Lipinski definition) is 1. The molecule has 0 aliphatic heterocycles. The van der Waals surface area contributed by atoms with Gasteiger partial charge in [-0.3, -0.25) is 0 Å². The third-order valence-electron chi connectivity index (χ3n) is 1.45. The van der Waals surface area contributed by atoms with Crippen molar-refractivity contribution in [3.63, 3.8) is 0 Å². The summed E-state index contributed by atoms with van der Waals surface area (Å²) >= 11 is 0. The van der Waals surface area contributed by atoms with E-state index >= 15 is 0 Å². The average Bonchev–Trinajstić information content (AvgIpc) is 2.57. The van der Waals surface area contributed by atoms with Crippen LogP contribution in [0.2, 0.25) is 0 Å². The molecule has 0 bridgehead atoms. The van der Waals surface area contributed by atoms with Crippen molar-refractivity contribution in [1.82, 2.24) is 15.5 Å². The molecule has 1 heterocycles. The lowest BCUT2D eigenvalue weighted by atomic mass is 10.3. The molecule has 0 saturated carbocycles. The van der Waals surface area contributed by atoms with Gasteiger partial charge in [-0.2, -0.15) is 4.98 Å². The first-order valence-corrected chi connectivity index (χ1v) is 3.78. The van der Waals surface area contributed by atoms with Crippen LogP contribution in [-0.2, 0) is 6.42 Å². The van der Waals surface area contributed by atoms with Crippen LogP contribution in [0.15, 0.2) is 10.9 Å². The Morgan fingerprint density at radius 1 is 1.83 bits per heavy atom. The summed E-state index contributed by atoms with van der Waals surface area (Å²) in [5.41, 5.74) is 0. The van der Waals surface area contributed by atoms with E-state index in [4.69, 9.17) is 10.9 Å². The van der Waals surface area contributed by atoms with Gasteiger partial charge in [0.1, 0.15) is 0 Å². The molecule has 1 N–H and O–H groups in total. The van der Waals surface area contributed by atoms with Gasteiger partial charge in [-0.15, -0.1) is 6.42 Å². The molecule has 1 unspecified atom stereocenters. The fraction of sp³-hybridized carbons (Fsp3) is 0.500. The van der Waals surface area contributed by atoms with E-state index < -0.39 is 0 Å². The molecule has 0 aliphatic carbocycles. The van der Waals surface area contributed by atoms with Crippen LogP contribution in [0.5, 0.6) is 0 Å². The summed E-state index contributed by atoms with van der Waals surface area (Å²) < 4.78 is 4.80. The molecule has 0 radical (unpaired) electrons. The predicted octanol–water partition coefficient (Wildman–Crippen LogP) is 0.223. The highest BCUT2D eigenvalue weighted by Gasteiger charge is 1.99. The molecule has 0 amide bonds. The van der Waals surface area contributed by atoms with E-state index in [1.807, 2.05) is 6.92 Å². The van der Waals surface area contributed by atoms with Gasteiger partial charge in [-0.1, -0.05) is 11.1 Å². The molecule has 1 rings (SSSR count). The molecule has 0 saturated heterocycles. The molecule has 12 heavy (non-hydrogen) atoms. The smallest absolute Gasteiger partial charge is 0.227 e. The Bertz CT molecular complexity index is 250. The number of hydrogen-bond acceptors (Lipinski definition) is 4. The Kier molecular flexibility index (Phi) is 3.30. The van der Waals surface area contributed by atoms with Gasteiger partial charge in [0.15, 0.2) is 6.33 Å². The van der Waals surface area contributed by atoms with Gasteiger partial charge < -0.3 is 9.84 Å².